The Morgan fingerprint density at radius 1 is 1.04 bits per heavy atom. The van der Waals surface area contributed by atoms with Crippen LogP contribution < -0.4 is 4.90 Å². The van der Waals surface area contributed by atoms with Crippen LogP contribution in [-0.4, -0.2) is 53.5 Å². The molecule has 3 fully saturated rings. The lowest BCUT2D eigenvalue weighted by Crippen LogP contribution is -2.43. The van der Waals surface area contributed by atoms with Crippen molar-refractivity contribution in [3.63, 3.8) is 0 Å². The van der Waals surface area contributed by atoms with Crippen LogP contribution in [-0.2, 0) is 4.79 Å². The van der Waals surface area contributed by atoms with Crippen molar-refractivity contribution < 1.29 is 18.4 Å². The number of para-hydroxylation sites is 1. The van der Waals surface area contributed by atoms with E-state index in [2.05, 4.69) is 0 Å². The zero-order chi connectivity index (χ0) is 16.1. The smallest absolute Gasteiger partial charge is 0.327 e. The molecule has 0 radical (unpaired) electrons. The summed E-state index contributed by atoms with van der Waals surface area (Å²) < 4.78 is 27.8. The molecule has 0 aliphatic carbocycles. The zero-order valence-corrected chi connectivity index (χ0v) is 12.5. The average molecular weight is 321 g/mol. The molecule has 0 saturated carbocycles. The molecule has 122 valence electrons. The van der Waals surface area contributed by atoms with Crippen LogP contribution in [0.5, 0.6) is 0 Å². The minimum absolute atomic E-state index is 0.0744. The number of hydrogen-bond donors (Lipinski definition) is 0. The summed E-state index contributed by atoms with van der Waals surface area (Å²) in [6.45, 7) is 1.31. The number of amides is 3. The summed E-state index contributed by atoms with van der Waals surface area (Å²) in [5.74, 6) is -1.40. The highest BCUT2D eigenvalue weighted by Crippen LogP contribution is 2.33. The normalized spacial score (nSPS) is 27.3. The maximum Gasteiger partial charge on any atom is 0.327 e. The summed E-state index contributed by atoms with van der Waals surface area (Å²) in [5.41, 5.74) is -0.0744. The van der Waals surface area contributed by atoms with Crippen molar-refractivity contribution in [2.45, 2.75) is 31.3 Å². The van der Waals surface area contributed by atoms with Crippen LogP contribution in [0.2, 0.25) is 0 Å². The van der Waals surface area contributed by atoms with Gasteiger partial charge < -0.3 is 9.80 Å². The van der Waals surface area contributed by atoms with Gasteiger partial charge in [-0.1, -0.05) is 6.07 Å². The Balaban J connectivity index is 1.55. The van der Waals surface area contributed by atoms with E-state index in [4.69, 9.17) is 0 Å². The van der Waals surface area contributed by atoms with Gasteiger partial charge in [-0.05, 0) is 31.4 Å². The lowest BCUT2D eigenvalue weighted by Gasteiger charge is -2.24. The number of benzene rings is 1. The first-order chi connectivity index (χ1) is 11.1. The third-order valence-corrected chi connectivity index (χ3v) is 5.01. The van der Waals surface area contributed by atoms with Crippen LogP contribution >= 0.6 is 0 Å². The molecule has 4 rings (SSSR count). The summed E-state index contributed by atoms with van der Waals surface area (Å²) in [6.07, 6.45) is 2.10. The lowest BCUT2D eigenvalue weighted by atomic mass is 10.2. The number of carbonyl (C=O) groups is 2. The highest BCUT2D eigenvalue weighted by atomic mass is 19.1. The first-order valence-electron chi connectivity index (χ1n) is 7.90. The lowest BCUT2D eigenvalue weighted by molar-refractivity contribution is -0.129. The molecule has 0 spiro atoms. The van der Waals surface area contributed by atoms with Crippen molar-refractivity contribution in [2.75, 3.05) is 24.5 Å². The monoisotopic (exact) mass is 321 g/mol. The number of imide groups is 1. The van der Waals surface area contributed by atoms with E-state index >= 15 is 0 Å². The van der Waals surface area contributed by atoms with Gasteiger partial charge in [0.2, 0.25) is 0 Å². The minimum Gasteiger partial charge on any atom is -0.365 e. The van der Waals surface area contributed by atoms with E-state index in [0.717, 1.165) is 6.42 Å². The van der Waals surface area contributed by atoms with Gasteiger partial charge in [0.15, 0.2) is 0 Å². The number of carbonyl (C=O) groups excluding carboxylic acids is 2. The summed E-state index contributed by atoms with van der Waals surface area (Å²) >= 11 is 0. The van der Waals surface area contributed by atoms with Crippen molar-refractivity contribution >= 4 is 17.6 Å². The van der Waals surface area contributed by atoms with Gasteiger partial charge in [-0.15, -0.1) is 0 Å². The Hall–Kier alpha value is -2.18. The molecule has 0 aromatic heterocycles. The van der Waals surface area contributed by atoms with Crippen molar-refractivity contribution in [3.8, 4) is 0 Å². The molecule has 0 unspecified atom stereocenters. The van der Waals surface area contributed by atoms with Crippen LogP contribution in [0.25, 0.3) is 0 Å². The Labute approximate surface area is 132 Å². The highest BCUT2D eigenvalue weighted by Gasteiger charge is 2.50. The van der Waals surface area contributed by atoms with E-state index in [0.29, 0.717) is 25.9 Å². The third kappa shape index (κ3) is 2.09. The molecule has 5 nitrogen and oxygen atoms in total. The average Bonchev–Trinajstić information content (AvgIpc) is 3.19. The van der Waals surface area contributed by atoms with E-state index in [1.807, 2.05) is 0 Å². The number of hydrogen-bond acceptors (Lipinski definition) is 3. The molecule has 3 amide bonds. The van der Waals surface area contributed by atoms with Crippen LogP contribution in [0, 0.1) is 11.6 Å². The molecule has 3 aliphatic rings. The van der Waals surface area contributed by atoms with E-state index in [1.54, 1.807) is 9.80 Å². The van der Waals surface area contributed by atoms with E-state index in [-0.39, 0.29) is 36.3 Å². The summed E-state index contributed by atoms with van der Waals surface area (Å²) in [5, 5.41) is 0. The van der Waals surface area contributed by atoms with Gasteiger partial charge in [0, 0.05) is 19.6 Å². The second-order valence-corrected chi connectivity index (χ2v) is 6.30. The summed E-state index contributed by atoms with van der Waals surface area (Å²) in [6, 6.07) is 2.85. The Morgan fingerprint density at radius 2 is 1.78 bits per heavy atom. The number of halogens is 2. The molecule has 3 heterocycles. The van der Waals surface area contributed by atoms with Gasteiger partial charge in [-0.2, -0.15) is 0 Å². The molecular formula is C16H17F2N3O2. The quantitative estimate of drug-likeness (QED) is 0.782. The van der Waals surface area contributed by atoms with Gasteiger partial charge >= 0.3 is 6.03 Å². The van der Waals surface area contributed by atoms with Gasteiger partial charge in [0.1, 0.15) is 23.4 Å². The van der Waals surface area contributed by atoms with Gasteiger partial charge in [-0.3, -0.25) is 9.69 Å². The predicted octanol–water partition coefficient (Wildman–Crippen LogP) is 1.97. The fourth-order valence-corrected chi connectivity index (χ4v) is 3.93. The molecular weight excluding hydrogens is 304 g/mol. The Kier molecular flexibility index (Phi) is 3.25. The summed E-state index contributed by atoms with van der Waals surface area (Å²) in [4.78, 5) is 29.4. The molecule has 2 atom stereocenters. The Bertz CT molecular complexity index is 639. The van der Waals surface area contributed by atoms with Crippen LogP contribution in [0.1, 0.15) is 19.3 Å². The number of rotatable bonds is 2. The van der Waals surface area contributed by atoms with E-state index in [1.165, 1.54) is 23.1 Å². The van der Waals surface area contributed by atoms with Crippen molar-refractivity contribution in [1.82, 2.24) is 9.80 Å². The number of nitrogens with zero attached hydrogens (tertiary/aromatic N) is 3. The topological polar surface area (TPSA) is 43.9 Å². The molecule has 3 saturated heterocycles. The highest BCUT2D eigenvalue weighted by molar-refractivity contribution is 6.05. The zero-order valence-electron chi connectivity index (χ0n) is 12.5. The van der Waals surface area contributed by atoms with Crippen molar-refractivity contribution in [2.24, 2.45) is 0 Å². The Morgan fingerprint density at radius 3 is 2.48 bits per heavy atom. The minimum atomic E-state index is -0.620. The molecule has 23 heavy (non-hydrogen) atoms. The maximum absolute atomic E-state index is 13.9. The standard InChI is InChI=1S/C16H17F2N3O2/c17-11-3-1-4-12(18)14(11)19-8-6-10(9-19)21-15(22)13-5-2-7-20(13)16(21)23/h1,3-4,10,13H,2,5-9H2/t10-,13-/m0/s1. The molecule has 7 heteroatoms. The largest absolute Gasteiger partial charge is 0.365 e. The van der Waals surface area contributed by atoms with Gasteiger partial charge in [0.25, 0.3) is 5.91 Å². The first-order valence-corrected chi connectivity index (χ1v) is 7.90. The van der Waals surface area contributed by atoms with Crippen LogP contribution in [0.4, 0.5) is 19.3 Å². The number of fused-ring (bicyclic) bond motifs is 1. The van der Waals surface area contributed by atoms with E-state index < -0.39 is 11.6 Å². The van der Waals surface area contributed by atoms with Gasteiger partial charge in [0.05, 0.1) is 6.04 Å². The summed E-state index contributed by atoms with van der Waals surface area (Å²) in [7, 11) is 0. The first kappa shape index (κ1) is 14.4. The second kappa shape index (κ2) is 5.18. The third-order valence-electron chi connectivity index (χ3n) is 5.01. The van der Waals surface area contributed by atoms with Crippen LogP contribution in [0.15, 0.2) is 18.2 Å². The second-order valence-electron chi connectivity index (χ2n) is 6.30. The molecule has 1 aromatic rings. The molecule has 3 aliphatic heterocycles. The molecule has 0 bridgehead atoms. The molecule has 0 N–H and O–H groups in total. The van der Waals surface area contributed by atoms with Gasteiger partial charge in [-0.25, -0.2) is 13.6 Å². The van der Waals surface area contributed by atoms with E-state index in [9.17, 15) is 18.4 Å². The van der Waals surface area contributed by atoms with Crippen LogP contribution in [0.3, 0.4) is 0 Å². The predicted molar refractivity (Wildman–Crippen MR) is 78.9 cm³/mol. The fourth-order valence-electron chi connectivity index (χ4n) is 3.93. The number of anilines is 1. The van der Waals surface area contributed by atoms with Crippen molar-refractivity contribution in [1.29, 1.82) is 0 Å². The van der Waals surface area contributed by atoms with Crippen molar-refractivity contribution in [3.05, 3.63) is 29.8 Å². The molecule has 1 aromatic carbocycles. The maximum atomic E-state index is 13.9. The fraction of sp³-hybridized carbons (Fsp3) is 0.500. The number of urea groups is 1. The SMILES string of the molecule is O=C1[C@@H]2CCCN2C(=O)N1[C@H]1CCN(c2c(F)cccc2F)C1.